The van der Waals surface area contributed by atoms with Crippen molar-refractivity contribution in [3.8, 4) is 11.5 Å². The molecule has 4 aliphatic carbocycles. The number of rotatable bonds is 12. The molecule has 0 saturated heterocycles. The molecule has 0 spiro atoms. The van der Waals surface area contributed by atoms with Gasteiger partial charge in [0, 0.05) is 34.1 Å². The van der Waals surface area contributed by atoms with Crippen molar-refractivity contribution in [3.63, 3.8) is 0 Å². The van der Waals surface area contributed by atoms with Gasteiger partial charge >= 0.3 is 12.1 Å². The highest BCUT2D eigenvalue weighted by molar-refractivity contribution is 7.84. The van der Waals surface area contributed by atoms with Gasteiger partial charge in [-0.1, -0.05) is 25.1 Å². The Balaban J connectivity index is 1.04. The second kappa shape index (κ2) is 12.4. The minimum absolute atomic E-state index is 0.132. The van der Waals surface area contributed by atoms with Crippen molar-refractivity contribution in [2.45, 2.75) is 114 Å². The minimum atomic E-state index is -5.57. The molecule has 254 valence electrons. The molecule has 10 heteroatoms. The summed E-state index contributed by atoms with van der Waals surface area (Å²) in [6.07, 6.45) is 1.57. The van der Waals surface area contributed by atoms with Gasteiger partial charge in [-0.3, -0.25) is 4.21 Å². The first-order valence-electron chi connectivity index (χ1n) is 16.8. The average molecular weight is 669 g/mol. The lowest BCUT2D eigenvalue weighted by Crippen LogP contribution is -2.54. The van der Waals surface area contributed by atoms with Crippen LogP contribution in [0, 0.1) is 16.7 Å². The van der Waals surface area contributed by atoms with Gasteiger partial charge in [0.1, 0.15) is 11.5 Å². The summed E-state index contributed by atoms with van der Waals surface area (Å²) in [6.45, 7) is 2.81. The Morgan fingerprint density at radius 1 is 0.935 bits per heavy atom. The third kappa shape index (κ3) is 5.77. The Morgan fingerprint density at radius 2 is 1.63 bits per heavy atom. The van der Waals surface area contributed by atoms with Gasteiger partial charge in [0.15, 0.2) is 0 Å². The monoisotopic (exact) mass is 668 g/mol. The SMILES string of the molecule is C[C@]12C[C@H](c3ccc(OCCCCCS(=O)CCCC(F)(F)C(F)(F)F)cc3)[C@@H]3c4ccc(O)cc4CC[C@H]3C13CCC2(O)CC3. The number of hydrogen-bond acceptors (Lipinski definition) is 4. The van der Waals surface area contributed by atoms with E-state index in [1.54, 1.807) is 0 Å². The van der Waals surface area contributed by atoms with E-state index in [0.717, 1.165) is 50.7 Å². The summed E-state index contributed by atoms with van der Waals surface area (Å²) < 4.78 is 80.8. The zero-order valence-electron chi connectivity index (χ0n) is 26.4. The number of unbranched alkanes of at least 4 members (excludes halogenated alkanes) is 2. The lowest BCUT2D eigenvalue weighted by atomic mass is 9.45. The van der Waals surface area contributed by atoms with Crippen LogP contribution < -0.4 is 4.74 Å². The maximum Gasteiger partial charge on any atom is 0.453 e. The number of fused-ring (bicyclic) bond motifs is 3. The lowest BCUT2D eigenvalue weighted by Gasteiger charge is -2.59. The summed E-state index contributed by atoms with van der Waals surface area (Å²) >= 11 is 0. The number of benzene rings is 2. The number of phenols is 1. The van der Waals surface area contributed by atoms with Crippen molar-refractivity contribution in [1.29, 1.82) is 0 Å². The van der Waals surface area contributed by atoms with E-state index in [9.17, 15) is 36.4 Å². The van der Waals surface area contributed by atoms with Crippen LogP contribution in [0.2, 0.25) is 0 Å². The number of aryl methyl sites for hydroxylation is 1. The first-order valence-corrected chi connectivity index (χ1v) is 18.3. The molecule has 0 radical (unpaired) electrons. The summed E-state index contributed by atoms with van der Waals surface area (Å²) in [4.78, 5) is 0. The van der Waals surface area contributed by atoms with Crippen LogP contribution in [0.25, 0.3) is 0 Å². The molecule has 0 aliphatic heterocycles. The maximum atomic E-state index is 13.0. The lowest BCUT2D eigenvalue weighted by molar-refractivity contribution is -0.284. The number of aliphatic hydroxyl groups is 1. The molecule has 6 rings (SSSR count). The highest BCUT2D eigenvalue weighted by Gasteiger charge is 2.74. The number of aromatic hydroxyl groups is 1. The van der Waals surface area contributed by atoms with Crippen LogP contribution in [0.5, 0.6) is 11.5 Å². The second-order valence-electron chi connectivity index (χ2n) is 14.5. The predicted octanol–water partition coefficient (Wildman–Crippen LogP) is 8.81. The molecule has 0 heterocycles. The third-order valence-corrected chi connectivity index (χ3v) is 13.9. The van der Waals surface area contributed by atoms with Crippen molar-refractivity contribution >= 4 is 10.8 Å². The van der Waals surface area contributed by atoms with Gasteiger partial charge in [0.25, 0.3) is 0 Å². The summed E-state index contributed by atoms with van der Waals surface area (Å²) in [5, 5.41) is 22.1. The van der Waals surface area contributed by atoms with Gasteiger partial charge in [-0.25, -0.2) is 0 Å². The van der Waals surface area contributed by atoms with E-state index >= 15 is 0 Å². The Morgan fingerprint density at radius 3 is 2.33 bits per heavy atom. The molecule has 4 nitrogen and oxygen atoms in total. The molecule has 2 bridgehead atoms. The number of hydrogen-bond donors (Lipinski definition) is 2. The van der Waals surface area contributed by atoms with Crippen LogP contribution in [0.1, 0.15) is 106 Å². The van der Waals surface area contributed by atoms with Gasteiger partial charge in [-0.05, 0) is 135 Å². The van der Waals surface area contributed by atoms with Crippen LogP contribution >= 0.6 is 0 Å². The molecule has 2 aromatic carbocycles. The predicted molar refractivity (Wildman–Crippen MR) is 168 cm³/mol. The highest BCUT2D eigenvalue weighted by atomic mass is 32.2. The van der Waals surface area contributed by atoms with Crippen molar-refractivity contribution in [1.82, 2.24) is 0 Å². The van der Waals surface area contributed by atoms with E-state index in [-0.39, 0.29) is 28.3 Å². The smallest absolute Gasteiger partial charge is 0.453 e. The van der Waals surface area contributed by atoms with Crippen molar-refractivity contribution in [2.75, 3.05) is 18.1 Å². The number of ether oxygens (including phenoxy) is 1. The van der Waals surface area contributed by atoms with E-state index in [1.807, 2.05) is 24.3 Å². The van der Waals surface area contributed by atoms with E-state index in [1.165, 1.54) is 16.7 Å². The standard InChI is InChI=1S/C36H45F5O4S/c1-32-23-29(31-28-12-9-26(42)22-25(28)8-13-30(31)33(32)15-17-34(32,43)18-16-33)24-6-10-27(11-7-24)45-19-3-2-4-20-46(44)21-5-14-35(37,38)36(39,40)41/h6-7,9-12,22,29-31,42-43H,2-5,8,13-21,23H2,1H3/t29-,30-,31+,32+,33?,34?,46?/m1/s1. The first-order chi connectivity index (χ1) is 21.7. The zero-order valence-corrected chi connectivity index (χ0v) is 27.2. The summed E-state index contributed by atoms with van der Waals surface area (Å²) in [7, 11) is -1.42. The van der Waals surface area contributed by atoms with E-state index in [4.69, 9.17) is 4.74 Å². The Bertz CT molecular complexity index is 1420. The quantitative estimate of drug-likeness (QED) is 0.175. The number of halogens is 5. The molecule has 46 heavy (non-hydrogen) atoms. The van der Waals surface area contributed by atoms with Gasteiger partial charge in [0.2, 0.25) is 0 Å². The van der Waals surface area contributed by atoms with Gasteiger partial charge in [-0.2, -0.15) is 22.0 Å². The second-order valence-corrected chi connectivity index (χ2v) is 16.2. The van der Waals surface area contributed by atoms with Crippen molar-refractivity contribution in [2.24, 2.45) is 16.7 Å². The van der Waals surface area contributed by atoms with Crippen LogP contribution in [0.15, 0.2) is 42.5 Å². The molecule has 1 unspecified atom stereocenters. The normalized spacial score (nSPS) is 32.5. The van der Waals surface area contributed by atoms with Gasteiger partial charge < -0.3 is 14.9 Å². The molecular weight excluding hydrogens is 623 g/mol. The molecule has 0 aromatic heterocycles. The summed E-state index contributed by atoms with van der Waals surface area (Å²) in [6, 6.07) is 14.2. The summed E-state index contributed by atoms with van der Waals surface area (Å²) in [5.41, 5.74) is 3.24. The topological polar surface area (TPSA) is 66.8 Å². The number of alkyl halides is 5. The van der Waals surface area contributed by atoms with Crippen LogP contribution in [-0.2, 0) is 17.2 Å². The largest absolute Gasteiger partial charge is 0.508 e. The Labute approximate surface area is 270 Å². The molecule has 5 atom stereocenters. The molecule has 0 amide bonds. The third-order valence-electron chi connectivity index (χ3n) is 12.4. The molecule has 2 N–H and O–H groups in total. The fraction of sp³-hybridized carbons (Fsp3) is 0.667. The Kier molecular flexibility index (Phi) is 9.05. The fourth-order valence-corrected chi connectivity index (χ4v) is 11.1. The van der Waals surface area contributed by atoms with Crippen LogP contribution in [-0.4, -0.2) is 50.2 Å². The van der Waals surface area contributed by atoms with Gasteiger partial charge in [0.05, 0.1) is 12.2 Å². The zero-order chi connectivity index (χ0) is 33.0. The summed E-state index contributed by atoms with van der Waals surface area (Å²) in [5.74, 6) is -2.52. The molecule has 3 fully saturated rings. The highest BCUT2D eigenvalue weighted by Crippen LogP contribution is 2.79. The van der Waals surface area contributed by atoms with Crippen molar-refractivity contribution in [3.05, 3.63) is 59.2 Å². The number of phenolic OH excluding ortho intramolecular Hbond substituents is 1. The maximum absolute atomic E-state index is 13.0. The van der Waals surface area contributed by atoms with Gasteiger partial charge in [-0.15, -0.1) is 0 Å². The fourth-order valence-electron chi connectivity index (χ4n) is 9.94. The minimum Gasteiger partial charge on any atom is -0.508 e. The molecule has 3 saturated carbocycles. The average Bonchev–Trinajstić information content (AvgIpc) is 3.37. The Hall–Kier alpha value is -2.20. The molecular formula is C36H45F5O4S. The van der Waals surface area contributed by atoms with Crippen LogP contribution in [0.4, 0.5) is 22.0 Å². The molecule has 4 aliphatic rings. The van der Waals surface area contributed by atoms with E-state index in [2.05, 4.69) is 25.1 Å². The molecule has 2 aromatic rings. The van der Waals surface area contributed by atoms with Crippen LogP contribution in [0.3, 0.4) is 0 Å². The first kappa shape index (κ1) is 33.7. The van der Waals surface area contributed by atoms with Crippen molar-refractivity contribution < 1.29 is 41.1 Å². The van der Waals surface area contributed by atoms with E-state index in [0.29, 0.717) is 43.5 Å². The van der Waals surface area contributed by atoms with E-state index < -0.39 is 41.3 Å².